The Morgan fingerprint density at radius 3 is 2.83 bits per heavy atom. The van der Waals surface area contributed by atoms with Gasteiger partial charge in [-0.15, -0.1) is 0 Å². The van der Waals surface area contributed by atoms with Gasteiger partial charge in [-0.1, -0.05) is 23.7 Å². The second-order valence-corrected chi connectivity index (χ2v) is 5.44. The van der Waals surface area contributed by atoms with Crippen LogP contribution in [-0.2, 0) is 6.54 Å². The predicted molar refractivity (Wildman–Crippen MR) is 89.2 cm³/mol. The predicted octanol–water partition coefficient (Wildman–Crippen LogP) is 3.85. The highest BCUT2D eigenvalue weighted by molar-refractivity contribution is 6.31. The van der Waals surface area contributed by atoms with Gasteiger partial charge in [0.2, 0.25) is 5.89 Å². The molecule has 0 unspecified atom stereocenters. The van der Waals surface area contributed by atoms with E-state index in [1.165, 1.54) is 18.3 Å². The first kappa shape index (κ1) is 16.0. The molecule has 0 spiro atoms. The number of carbonyl (C=O) groups is 1. The van der Waals surface area contributed by atoms with Gasteiger partial charge >= 0.3 is 0 Å². The molecule has 5 nitrogen and oxygen atoms in total. The summed E-state index contributed by atoms with van der Waals surface area (Å²) in [5.41, 5.74) is 6.44. The number of primary amides is 1. The van der Waals surface area contributed by atoms with Gasteiger partial charge in [0.15, 0.2) is 5.76 Å². The lowest BCUT2D eigenvalue weighted by Crippen LogP contribution is -2.14. The van der Waals surface area contributed by atoms with Crippen LogP contribution < -0.4 is 11.1 Å². The van der Waals surface area contributed by atoms with Crippen molar-refractivity contribution in [3.05, 3.63) is 71.0 Å². The summed E-state index contributed by atoms with van der Waals surface area (Å²) in [5.74, 6) is -0.303. The Hall–Kier alpha value is -2.86. The van der Waals surface area contributed by atoms with Crippen molar-refractivity contribution in [3.8, 4) is 11.3 Å². The molecule has 0 aliphatic rings. The minimum atomic E-state index is -0.575. The fraction of sp³-hybridized carbons (Fsp3) is 0.0588. The Bertz CT molecular complexity index is 895. The maximum Gasteiger partial charge on any atom is 0.250 e. The summed E-state index contributed by atoms with van der Waals surface area (Å²) in [6, 6.07) is 11.0. The van der Waals surface area contributed by atoms with Gasteiger partial charge in [0.05, 0.1) is 23.9 Å². The maximum absolute atomic E-state index is 13.8. The molecule has 0 radical (unpaired) electrons. The van der Waals surface area contributed by atoms with Crippen molar-refractivity contribution in [2.24, 2.45) is 5.73 Å². The second-order valence-electron chi connectivity index (χ2n) is 5.01. The van der Waals surface area contributed by atoms with Crippen LogP contribution in [0.5, 0.6) is 0 Å². The number of nitrogens with two attached hydrogens (primary N) is 1. The number of anilines is 1. The minimum absolute atomic E-state index is 0.190. The molecule has 0 saturated carbocycles. The lowest BCUT2D eigenvalue weighted by molar-refractivity contribution is 0.100. The minimum Gasteiger partial charge on any atom is -0.439 e. The maximum atomic E-state index is 13.8. The third-order valence-electron chi connectivity index (χ3n) is 3.37. The molecule has 1 aromatic heterocycles. The first-order valence-corrected chi connectivity index (χ1v) is 7.45. The van der Waals surface area contributed by atoms with E-state index >= 15 is 0 Å². The van der Waals surface area contributed by atoms with Crippen LogP contribution in [0.15, 0.2) is 53.1 Å². The molecule has 0 saturated heterocycles. The van der Waals surface area contributed by atoms with Crippen molar-refractivity contribution in [3.63, 3.8) is 0 Å². The van der Waals surface area contributed by atoms with Crippen molar-refractivity contribution >= 4 is 23.2 Å². The quantitative estimate of drug-likeness (QED) is 0.736. The first-order chi connectivity index (χ1) is 11.5. The number of halogens is 2. The third-order valence-corrected chi connectivity index (χ3v) is 3.61. The number of oxazole rings is 1. The number of hydrogen-bond acceptors (Lipinski definition) is 4. The van der Waals surface area contributed by atoms with E-state index in [1.54, 1.807) is 30.3 Å². The monoisotopic (exact) mass is 345 g/mol. The van der Waals surface area contributed by atoms with Gasteiger partial charge in [0.1, 0.15) is 5.82 Å². The Kier molecular flexibility index (Phi) is 4.48. The number of rotatable bonds is 5. The van der Waals surface area contributed by atoms with Crippen molar-refractivity contribution in [2.75, 3.05) is 5.32 Å². The number of carbonyl (C=O) groups excluding carboxylic acids is 1. The Morgan fingerprint density at radius 1 is 1.29 bits per heavy atom. The fourth-order valence-corrected chi connectivity index (χ4v) is 2.40. The average Bonchev–Trinajstić information content (AvgIpc) is 3.02. The molecule has 7 heteroatoms. The van der Waals surface area contributed by atoms with E-state index in [0.29, 0.717) is 33.5 Å². The molecular formula is C17H13ClFN3O2. The van der Waals surface area contributed by atoms with Gasteiger partial charge < -0.3 is 15.5 Å². The molecule has 3 rings (SSSR count). The molecule has 0 bridgehead atoms. The standard InChI is InChI=1S/C17H13ClFN3O2/c18-10-5-6-12(17(20)23)14(7-10)21-9-16-22-8-15(24-16)11-3-1-2-4-13(11)19/h1-8,21H,9H2,(H2,20,23). The lowest BCUT2D eigenvalue weighted by atomic mass is 10.1. The van der Waals surface area contributed by atoms with Gasteiger partial charge in [-0.05, 0) is 30.3 Å². The summed E-state index contributed by atoms with van der Waals surface area (Å²) in [6.45, 7) is 0.190. The number of nitrogens with one attached hydrogen (secondary N) is 1. The largest absolute Gasteiger partial charge is 0.439 e. The number of aromatic nitrogens is 1. The van der Waals surface area contributed by atoms with Crippen LogP contribution in [0.1, 0.15) is 16.2 Å². The molecule has 24 heavy (non-hydrogen) atoms. The molecule has 1 amide bonds. The van der Waals surface area contributed by atoms with Crippen LogP contribution in [0.4, 0.5) is 10.1 Å². The van der Waals surface area contributed by atoms with Crippen molar-refractivity contribution < 1.29 is 13.6 Å². The lowest BCUT2D eigenvalue weighted by Gasteiger charge is -2.08. The number of hydrogen-bond donors (Lipinski definition) is 2. The summed E-state index contributed by atoms with van der Waals surface area (Å²) in [6.07, 6.45) is 1.45. The van der Waals surface area contributed by atoms with Crippen molar-refractivity contribution in [2.45, 2.75) is 6.54 Å². The first-order valence-electron chi connectivity index (χ1n) is 7.07. The van der Waals surface area contributed by atoms with E-state index in [4.69, 9.17) is 21.8 Å². The van der Waals surface area contributed by atoms with Crippen LogP contribution in [0.3, 0.4) is 0 Å². The summed E-state index contributed by atoms with van der Waals surface area (Å²) in [4.78, 5) is 15.5. The Labute approximate surface area is 142 Å². The van der Waals surface area contributed by atoms with Crippen molar-refractivity contribution in [1.82, 2.24) is 4.98 Å². The summed E-state index contributed by atoms with van der Waals surface area (Å²) >= 11 is 5.93. The zero-order valence-electron chi connectivity index (χ0n) is 12.4. The average molecular weight is 346 g/mol. The highest BCUT2D eigenvalue weighted by Gasteiger charge is 2.12. The number of benzene rings is 2. The molecule has 0 fully saturated rings. The van der Waals surface area contributed by atoms with Crippen LogP contribution >= 0.6 is 11.6 Å². The normalized spacial score (nSPS) is 10.6. The topological polar surface area (TPSA) is 81.2 Å². The van der Waals surface area contributed by atoms with E-state index in [0.717, 1.165) is 0 Å². The van der Waals surface area contributed by atoms with Crippen LogP contribution in [0, 0.1) is 5.82 Å². The SMILES string of the molecule is NC(=O)c1ccc(Cl)cc1NCc1ncc(-c2ccccc2F)o1. The molecule has 0 aliphatic heterocycles. The molecule has 122 valence electrons. The highest BCUT2D eigenvalue weighted by Crippen LogP contribution is 2.25. The van der Waals surface area contributed by atoms with Gasteiger partial charge in [-0.3, -0.25) is 4.79 Å². The van der Waals surface area contributed by atoms with E-state index < -0.39 is 5.91 Å². The van der Waals surface area contributed by atoms with Crippen LogP contribution in [0.25, 0.3) is 11.3 Å². The van der Waals surface area contributed by atoms with E-state index in [1.807, 2.05) is 0 Å². The molecule has 2 aromatic carbocycles. The summed E-state index contributed by atoms with van der Waals surface area (Å²) in [7, 11) is 0. The van der Waals surface area contributed by atoms with E-state index in [-0.39, 0.29) is 12.4 Å². The molecule has 0 aliphatic carbocycles. The second kappa shape index (κ2) is 6.72. The van der Waals surface area contributed by atoms with E-state index in [2.05, 4.69) is 10.3 Å². The molecule has 3 N–H and O–H groups in total. The summed E-state index contributed by atoms with van der Waals surface area (Å²) < 4.78 is 19.3. The van der Waals surface area contributed by atoms with Crippen molar-refractivity contribution in [1.29, 1.82) is 0 Å². The van der Waals surface area contributed by atoms with Crippen LogP contribution in [-0.4, -0.2) is 10.9 Å². The van der Waals surface area contributed by atoms with Gasteiger partial charge in [0.25, 0.3) is 5.91 Å². The molecule has 1 heterocycles. The molecule has 0 atom stereocenters. The zero-order chi connectivity index (χ0) is 17.1. The fourth-order valence-electron chi connectivity index (χ4n) is 2.23. The Balaban J connectivity index is 1.78. The summed E-state index contributed by atoms with van der Waals surface area (Å²) in [5, 5.41) is 3.46. The van der Waals surface area contributed by atoms with E-state index in [9.17, 15) is 9.18 Å². The zero-order valence-corrected chi connectivity index (χ0v) is 13.2. The Morgan fingerprint density at radius 2 is 2.08 bits per heavy atom. The highest BCUT2D eigenvalue weighted by atomic mass is 35.5. The van der Waals surface area contributed by atoms with Gasteiger partial charge in [-0.25, -0.2) is 9.37 Å². The smallest absolute Gasteiger partial charge is 0.250 e. The van der Waals surface area contributed by atoms with Gasteiger partial charge in [0, 0.05) is 10.7 Å². The third kappa shape index (κ3) is 3.38. The van der Waals surface area contributed by atoms with Crippen LogP contribution in [0.2, 0.25) is 5.02 Å². The molecule has 3 aromatic rings. The number of nitrogens with zero attached hydrogens (tertiary/aromatic N) is 1. The van der Waals surface area contributed by atoms with Gasteiger partial charge in [-0.2, -0.15) is 0 Å². The molecular weight excluding hydrogens is 333 g/mol. The number of amides is 1.